The summed E-state index contributed by atoms with van der Waals surface area (Å²) in [5.74, 6) is -0.0937. The van der Waals surface area contributed by atoms with E-state index in [1.54, 1.807) is 36.4 Å². The predicted octanol–water partition coefficient (Wildman–Crippen LogP) is 3.29. The van der Waals surface area contributed by atoms with Gasteiger partial charge in [-0.3, -0.25) is 4.79 Å². The van der Waals surface area contributed by atoms with Crippen LogP contribution in [-0.4, -0.2) is 25.1 Å². The number of amides is 3. The van der Waals surface area contributed by atoms with Crippen molar-refractivity contribution in [3.8, 4) is 5.75 Å². The van der Waals surface area contributed by atoms with Crippen molar-refractivity contribution in [1.82, 2.24) is 5.32 Å². The second kappa shape index (κ2) is 8.68. The molecule has 6 nitrogen and oxygen atoms in total. The van der Waals surface area contributed by atoms with E-state index in [-0.39, 0.29) is 24.7 Å². The molecule has 0 atom stereocenters. The smallest absolute Gasteiger partial charge is 0.319 e. The number of nitrogens with one attached hydrogen (secondary N) is 3. The molecule has 0 fully saturated rings. The van der Waals surface area contributed by atoms with E-state index in [0.29, 0.717) is 11.4 Å². The Bertz CT molecular complexity index is 765. The molecule has 0 radical (unpaired) electrons. The molecule has 132 valence electrons. The van der Waals surface area contributed by atoms with Crippen LogP contribution in [0.2, 0.25) is 0 Å². The maximum atomic E-state index is 13.6. The number of aryl methyl sites for hydroxylation is 1. The van der Waals surface area contributed by atoms with Crippen LogP contribution in [0, 0.1) is 12.7 Å². The van der Waals surface area contributed by atoms with E-state index in [4.69, 9.17) is 4.74 Å². The molecule has 2 rings (SSSR count). The highest BCUT2D eigenvalue weighted by Gasteiger charge is 2.06. The molecule has 7 heteroatoms. The standard InChI is InChI=1S/C18H20FN3O3/c1-12-6-7-16(19)17(10-12)22-18(24)20-8-9-25-15-5-3-4-14(11-15)21-13(2)23/h3-7,10-11H,8-9H2,1-2H3,(H,21,23)(H2,20,22,24). The second-order valence-electron chi connectivity index (χ2n) is 5.42. The van der Waals surface area contributed by atoms with Crippen LogP contribution in [0.5, 0.6) is 5.75 Å². The Labute approximate surface area is 145 Å². The van der Waals surface area contributed by atoms with Crippen LogP contribution in [0.1, 0.15) is 12.5 Å². The fourth-order valence-corrected chi connectivity index (χ4v) is 2.10. The highest BCUT2D eigenvalue weighted by Crippen LogP contribution is 2.17. The molecule has 0 aromatic heterocycles. The molecule has 2 aromatic rings. The summed E-state index contributed by atoms with van der Waals surface area (Å²) >= 11 is 0. The lowest BCUT2D eigenvalue weighted by Gasteiger charge is -2.11. The predicted molar refractivity (Wildman–Crippen MR) is 94.4 cm³/mol. The van der Waals surface area contributed by atoms with Gasteiger partial charge in [-0.2, -0.15) is 0 Å². The highest BCUT2D eigenvalue weighted by atomic mass is 19.1. The Morgan fingerprint density at radius 2 is 1.92 bits per heavy atom. The summed E-state index contributed by atoms with van der Waals surface area (Å²) in [7, 11) is 0. The normalized spacial score (nSPS) is 10.0. The molecule has 0 heterocycles. The van der Waals surface area contributed by atoms with Gasteiger partial charge in [0.05, 0.1) is 12.2 Å². The van der Waals surface area contributed by atoms with Crippen molar-refractivity contribution in [3.63, 3.8) is 0 Å². The summed E-state index contributed by atoms with van der Waals surface area (Å²) in [6.07, 6.45) is 0. The average Bonchev–Trinajstić information content (AvgIpc) is 2.55. The topological polar surface area (TPSA) is 79.5 Å². The van der Waals surface area contributed by atoms with E-state index in [0.717, 1.165) is 5.56 Å². The van der Waals surface area contributed by atoms with Gasteiger partial charge in [-0.15, -0.1) is 0 Å². The number of carbonyl (C=O) groups excluding carboxylic acids is 2. The summed E-state index contributed by atoms with van der Waals surface area (Å²) in [6.45, 7) is 3.70. The lowest BCUT2D eigenvalue weighted by molar-refractivity contribution is -0.114. The first-order valence-electron chi connectivity index (χ1n) is 7.75. The number of hydrogen-bond donors (Lipinski definition) is 3. The van der Waals surface area contributed by atoms with E-state index in [1.165, 1.54) is 13.0 Å². The SMILES string of the molecule is CC(=O)Nc1cccc(OCCNC(=O)Nc2cc(C)ccc2F)c1. The van der Waals surface area contributed by atoms with E-state index in [9.17, 15) is 14.0 Å². The number of anilines is 2. The summed E-state index contributed by atoms with van der Waals surface area (Å²) < 4.78 is 19.1. The molecular weight excluding hydrogens is 325 g/mol. The number of carbonyl (C=O) groups is 2. The van der Waals surface area contributed by atoms with E-state index in [2.05, 4.69) is 16.0 Å². The number of hydrogen-bond acceptors (Lipinski definition) is 3. The van der Waals surface area contributed by atoms with Crippen LogP contribution in [0.4, 0.5) is 20.6 Å². The Balaban J connectivity index is 1.76. The van der Waals surface area contributed by atoms with Gasteiger partial charge in [-0.05, 0) is 36.8 Å². The average molecular weight is 345 g/mol. The third-order valence-corrected chi connectivity index (χ3v) is 3.18. The number of urea groups is 1. The minimum absolute atomic E-state index is 0.126. The molecular formula is C18H20FN3O3. The molecule has 0 spiro atoms. The Kier molecular flexibility index (Phi) is 6.33. The number of halogens is 1. The van der Waals surface area contributed by atoms with E-state index < -0.39 is 11.8 Å². The first-order valence-corrected chi connectivity index (χ1v) is 7.75. The molecule has 0 bridgehead atoms. The van der Waals surface area contributed by atoms with Crippen LogP contribution < -0.4 is 20.7 Å². The summed E-state index contributed by atoms with van der Waals surface area (Å²) in [5.41, 5.74) is 1.60. The Morgan fingerprint density at radius 3 is 2.68 bits per heavy atom. The van der Waals surface area contributed by atoms with Crippen LogP contribution in [-0.2, 0) is 4.79 Å². The molecule has 25 heavy (non-hydrogen) atoms. The van der Waals surface area contributed by atoms with Crippen LogP contribution in [0.3, 0.4) is 0 Å². The maximum absolute atomic E-state index is 13.6. The molecule has 3 amide bonds. The largest absolute Gasteiger partial charge is 0.492 e. The van der Waals surface area contributed by atoms with Gasteiger partial charge in [0.2, 0.25) is 5.91 Å². The summed E-state index contributed by atoms with van der Waals surface area (Å²) in [6, 6.07) is 10.9. The lowest BCUT2D eigenvalue weighted by Crippen LogP contribution is -2.32. The van der Waals surface area contributed by atoms with Crippen molar-refractivity contribution in [3.05, 3.63) is 53.8 Å². The first-order chi connectivity index (χ1) is 11.9. The zero-order valence-corrected chi connectivity index (χ0v) is 14.1. The maximum Gasteiger partial charge on any atom is 0.319 e. The molecule has 0 aliphatic heterocycles. The third-order valence-electron chi connectivity index (χ3n) is 3.18. The molecule has 0 saturated heterocycles. The zero-order chi connectivity index (χ0) is 18.2. The highest BCUT2D eigenvalue weighted by molar-refractivity contribution is 5.89. The van der Waals surface area contributed by atoms with Gasteiger partial charge >= 0.3 is 6.03 Å². The van der Waals surface area contributed by atoms with Crippen LogP contribution in [0.25, 0.3) is 0 Å². The van der Waals surface area contributed by atoms with E-state index >= 15 is 0 Å². The van der Waals surface area contributed by atoms with Gasteiger partial charge in [0.25, 0.3) is 0 Å². The minimum Gasteiger partial charge on any atom is -0.492 e. The van der Waals surface area contributed by atoms with Gasteiger partial charge in [0.1, 0.15) is 18.2 Å². The fraction of sp³-hybridized carbons (Fsp3) is 0.222. The minimum atomic E-state index is -0.514. The number of benzene rings is 2. The lowest BCUT2D eigenvalue weighted by atomic mass is 10.2. The van der Waals surface area contributed by atoms with Crippen molar-refractivity contribution in [2.24, 2.45) is 0 Å². The van der Waals surface area contributed by atoms with Crippen molar-refractivity contribution in [2.45, 2.75) is 13.8 Å². The third kappa shape index (κ3) is 6.14. The summed E-state index contributed by atoms with van der Waals surface area (Å²) in [5, 5.41) is 7.69. The van der Waals surface area contributed by atoms with Gasteiger partial charge in [0.15, 0.2) is 0 Å². The van der Waals surface area contributed by atoms with Crippen molar-refractivity contribution in [2.75, 3.05) is 23.8 Å². The number of rotatable bonds is 6. The summed E-state index contributed by atoms with van der Waals surface area (Å²) in [4.78, 5) is 22.8. The van der Waals surface area contributed by atoms with Crippen molar-refractivity contribution >= 4 is 23.3 Å². The van der Waals surface area contributed by atoms with Crippen molar-refractivity contribution < 1.29 is 18.7 Å². The van der Waals surface area contributed by atoms with Gasteiger partial charge in [-0.1, -0.05) is 12.1 Å². The van der Waals surface area contributed by atoms with Gasteiger partial charge in [0, 0.05) is 18.7 Å². The molecule has 2 aromatic carbocycles. The van der Waals surface area contributed by atoms with E-state index in [1.807, 2.05) is 6.92 Å². The fourth-order valence-electron chi connectivity index (χ4n) is 2.10. The molecule has 0 aliphatic carbocycles. The zero-order valence-electron chi connectivity index (χ0n) is 14.1. The first kappa shape index (κ1) is 18.3. The second-order valence-corrected chi connectivity index (χ2v) is 5.42. The van der Waals surface area contributed by atoms with Crippen molar-refractivity contribution in [1.29, 1.82) is 0 Å². The molecule has 0 aliphatic rings. The monoisotopic (exact) mass is 345 g/mol. The Morgan fingerprint density at radius 1 is 1.12 bits per heavy atom. The number of ether oxygens (including phenoxy) is 1. The van der Waals surface area contributed by atoms with Crippen LogP contribution >= 0.6 is 0 Å². The van der Waals surface area contributed by atoms with Gasteiger partial charge < -0.3 is 20.7 Å². The molecule has 0 saturated carbocycles. The van der Waals surface area contributed by atoms with Gasteiger partial charge in [-0.25, -0.2) is 9.18 Å². The molecule has 0 unspecified atom stereocenters. The Hall–Kier alpha value is -3.09. The van der Waals surface area contributed by atoms with Crippen LogP contribution in [0.15, 0.2) is 42.5 Å². The molecule has 3 N–H and O–H groups in total. The quantitative estimate of drug-likeness (QED) is 0.703.